The Labute approximate surface area is 164 Å². The van der Waals surface area contributed by atoms with E-state index in [1.807, 2.05) is 0 Å². The predicted octanol–water partition coefficient (Wildman–Crippen LogP) is 2.77. The summed E-state index contributed by atoms with van der Waals surface area (Å²) in [7, 11) is 0. The molecule has 0 spiro atoms. The first kappa shape index (κ1) is 18.2. The number of benzene rings is 1. The number of aromatic nitrogens is 3. The van der Waals surface area contributed by atoms with Gasteiger partial charge in [-0.15, -0.1) is 0 Å². The van der Waals surface area contributed by atoms with Crippen LogP contribution in [-0.4, -0.2) is 9.56 Å². The molecule has 0 saturated carbocycles. The lowest BCUT2D eigenvalue weighted by Crippen LogP contribution is -2.44. The molecule has 0 amide bonds. The summed E-state index contributed by atoms with van der Waals surface area (Å²) >= 11 is 6.16. The third-order valence-electron chi connectivity index (χ3n) is 4.63. The number of hydrogen-bond acceptors (Lipinski definition) is 4. The Hall–Kier alpha value is -3.19. The molecule has 3 aromatic heterocycles. The van der Waals surface area contributed by atoms with Gasteiger partial charge < -0.3 is 9.63 Å². The van der Waals surface area contributed by atoms with Gasteiger partial charge in [-0.3, -0.25) is 0 Å². The van der Waals surface area contributed by atoms with Crippen molar-refractivity contribution in [3.8, 4) is 17.0 Å². The van der Waals surface area contributed by atoms with Crippen LogP contribution in [0.5, 0.6) is 5.88 Å². The molecule has 28 heavy (non-hydrogen) atoms. The monoisotopic (exact) mass is 399 g/mol. The third kappa shape index (κ3) is 2.84. The van der Waals surface area contributed by atoms with Gasteiger partial charge in [0.2, 0.25) is 0 Å². The van der Waals surface area contributed by atoms with Crippen molar-refractivity contribution in [3.63, 3.8) is 0 Å². The van der Waals surface area contributed by atoms with E-state index >= 15 is 0 Å². The lowest BCUT2D eigenvalue weighted by molar-refractivity contribution is -0.708. The van der Waals surface area contributed by atoms with E-state index in [4.69, 9.17) is 16.1 Å². The fraction of sp³-hybridized carbons (Fsp3) is 0.150. The van der Waals surface area contributed by atoms with E-state index in [1.54, 1.807) is 38.2 Å². The van der Waals surface area contributed by atoms with Crippen molar-refractivity contribution in [1.82, 2.24) is 9.56 Å². The van der Waals surface area contributed by atoms with Crippen molar-refractivity contribution in [2.45, 2.75) is 20.4 Å². The minimum atomic E-state index is -0.494. The van der Waals surface area contributed by atoms with Gasteiger partial charge in [-0.1, -0.05) is 28.9 Å². The molecule has 0 fully saturated rings. The molecule has 1 aromatic carbocycles. The summed E-state index contributed by atoms with van der Waals surface area (Å²) in [4.78, 5) is 13.1. The zero-order valence-corrected chi connectivity index (χ0v) is 15.8. The van der Waals surface area contributed by atoms with Crippen LogP contribution in [0, 0.1) is 19.7 Å². The number of fused-ring (bicyclic) bond motifs is 1. The highest BCUT2D eigenvalue weighted by atomic mass is 35.5. The van der Waals surface area contributed by atoms with E-state index in [1.165, 1.54) is 27.2 Å². The highest BCUT2D eigenvalue weighted by Crippen LogP contribution is 2.28. The Morgan fingerprint density at radius 1 is 1.25 bits per heavy atom. The van der Waals surface area contributed by atoms with Crippen LogP contribution < -0.4 is 15.2 Å². The highest BCUT2D eigenvalue weighted by molar-refractivity contribution is 6.31. The maximum Gasteiger partial charge on any atom is 0.349 e. The minimum Gasteiger partial charge on any atom is -0.842 e. The average Bonchev–Trinajstić information content (AvgIpc) is 2.99. The molecule has 8 heteroatoms. The van der Waals surface area contributed by atoms with Gasteiger partial charge in [0.05, 0.1) is 28.4 Å². The molecule has 0 N–H and O–H groups in total. The van der Waals surface area contributed by atoms with Gasteiger partial charge in [0.25, 0.3) is 5.65 Å². The molecule has 3 heterocycles. The van der Waals surface area contributed by atoms with Crippen LogP contribution >= 0.6 is 11.6 Å². The number of nitrogens with zero attached hydrogens (tertiary/aromatic N) is 3. The zero-order valence-electron chi connectivity index (χ0n) is 15.1. The van der Waals surface area contributed by atoms with Crippen LogP contribution in [0.1, 0.15) is 17.0 Å². The second-order valence-electron chi connectivity index (χ2n) is 6.44. The van der Waals surface area contributed by atoms with Crippen molar-refractivity contribution in [2.24, 2.45) is 0 Å². The predicted molar refractivity (Wildman–Crippen MR) is 98.8 cm³/mol. The van der Waals surface area contributed by atoms with E-state index < -0.39 is 17.3 Å². The minimum absolute atomic E-state index is 0.0295. The molecule has 0 aliphatic carbocycles. The molecule has 4 aromatic rings. The standard InChI is InChI=1S/C20H15ClFN3O3/c1-11-17(12(2)28-23-11)18-19(26)24-8-4-3-5-16(24)25(20(18)27)10-13-6-7-14(22)9-15(13)21/h3-9H,10H2,1-2H3. The molecule has 0 unspecified atom stereocenters. The summed E-state index contributed by atoms with van der Waals surface area (Å²) in [5, 5.41) is 17.4. The fourth-order valence-corrected chi connectivity index (χ4v) is 3.53. The van der Waals surface area contributed by atoms with E-state index in [0.29, 0.717) is 28.2 Å². The smallest absolute Gasteiger partial charge is 0.349 e. The number of hydrogen-bond donors (Lipinski definition) is 0. The fourth-order valence-electron chi connectivity index (χ4n) is 3.30. The summed E-state index contributed by atoms with van der Waals surface area (Å²) < 4.78 is 21.4. The molecule has 0 radical (unpaired) electrons. The first-order chi connectivity index (χ1) is 13.4. The molecule has 0 atom stereocenters. The normalized spacial score (nSPS) is 11.3. The summed E-state index contributed by atoms with van der Waals surface area (Å²) in [6.07, 6.45) is 1.58. The van der Waals surface area contributed by atoms with E-state index in [2.05, 4.69) is 5.16 Å². The second kappa shape index (κ2) is 6.76. The lowest BCUT2D eigenvalue weighted by Gasteiger charge is -2.17. The van der Waals surface area contributed by atoms with Crippen molar-refractivity contribution in [1.29, 1.82) is 0 Å². The van der Waals surface area contributed by atoms with Crippen LogP contribution in [0.15, 0.2) is 51.9 Å². The van der Waals surface area contributed by atoms with Crippen molar-refractivity contribution in [3.05, 3.63) is 80.8 Å². The Morgan fingerprint density at radius 3 is 2.71 bits per heavy atom. The SMILES string of the molecule is Cc1noc(C)c1-c1c([O-])[n+](Cc2ccc(F)cc2Cl)c2ccccn2c1=O. The molecule has 4 rings (SSSR count). The van der Waals surface area contributed by atoms with E-state index in [-0.39, 0.29) is 17.1 Å². The van der Waals surface area contributed by atoms with Crippen LogP contribution in [0.3, 0.4) is 0 Å². The van der Waals surface area contributed by atoms with Crippen molar-refractivity contribution in [2.75, 3.05) is 0 Å². The topological polar surface area (TPSA) is 74.5 Å². The number of aryl methyl sites for hydroxylation is 2. The quantitative estimate of drug-likeness (QED) is 0.496. The molecule has 142 valence electrons. The van der Waals surface area contributed by atoms with Crippen LogP contribution in [0.25, 0.3) is 16.8 Å². The van der Waals surface area contributed by atoms with Crippen LogP contribution in [-0.2, 0) is 6.54 Å². The van der Waals surface area contributed by atoms with Gasteiger partial charge >= 0.3 is 5.56 Å². The zero-order chi connectivity index (χ0) is 20.0. The molecule has 0 bridgehead atoms. The molecule has 6 nitrogen and oxygen atoms in total. The number of pyridine rings is 1. The Kier molecular flexibility index (Phi) is 4.39. The van der Waals surface area contributed by atoms with Gasteiger partial charge in [-0.25, -0.2) is 13.8 Å². The average molecular weight is 400 g/mol. The van der Waals surface area contributed by atoms with Gasteiger partial charge in [-0.05, 0) is 32.0 Å². The van der Waals surface area contributed by atoms with E-state index in [9.17, 15) is 14.3 Å². The van der Waals surface area contributed by atoms with Gasteiger partial charge in [-0.2, -0.15) is 4.40 Å². The maximum atomic E-state index is 13.4. The van der Waals surface area contributed by atoms with Gasteiger partial charge in [0.1, 0.15) is 23.7 Å². The Balaban J connectivity index is 2.04. The Morgan fingerprint density at radius 2 is 2.04 bits per heavy atom. The van der Waals surface area contributed by atoms with Gasteiger partial charge in [0.15, 0.2) is 0 Å². The van der Waals surface area contributed by atoms with Crippen LogP contribution in [0.4, 0.5) is 4.39 Å². The van der Waals surface area contributed by atoms with E-state index in [0.717, 1.165) is 0 Å². The Bertz CT molecular complexity index is 1260. The highest BCUT2D eigenvalue weighted by Gasteiger charge is 2.25. The van der Waals surface area contributed by atoms with Crippen molar-refractivity contribution < 1.29 is 18.6 Å². The molecular weight excluding hydrogens is 385 g/mol. The third-order valence-corrected chi connectivity index (χ3v) is 4.99. The number of rotatable bonds is 3. The van der Waals surface area contributed by atoms with Gasteiger partial charge in [0, 0.05) is 11.6 Å². The van der Waals surface area contributed by atoms with Crippen LogP contribution in [0.2, 0.25) is 5.02 Å². The van der Waals surface area contributed by atoms with Crippen molar-refractivity contribution >= 4 is 17.2 Å². The molecule has 0 aliphatic heterocycles. The first-order valence-corrected chi connectivity index (χ1v) is 8.87. The largest absolute Gasteiger partial charge is 0.842 e. The summed E-state index contributed by atoms with van der Waals surface area (Å²) in [5.74, 6) is -0.577. The molecule has 0 aliphatic rings. The maximum absolute atomic E-state index is 13.4. The summed E-state index contributed by atoms with van der Waals surface area (Å²) in [6, 6.07) is 9.08. The summed E-state index contributed by atoms with van der Waals surface area (Å²) in [6.45, 7) is 3.39. The number of halogens is 2. The lowest BCUT2D eigenvalue weighted by atomic mass is 10.1. The first-order valence-electron chi connectivity index (χ1n) is 8.50. The molecule has 0 saturated heterocycles. The molecular formula is C20H15ClFN3O3. The second-order valence-corrected chi connectivity index (χ2v) is 6.84. The summed E-state index contributed by atoms with van der Waals surface area (Å²) in [5.41, 5.74) is 1.29.